The summed E-state index contributed by atoms with van der Waals surface area (Å²) in [6.45, 7) is 5.92. The first kappa shape index (κ1) is 13.5. The number of piperidine rings is 1. The number of carbonyl (C=O) groups is 1. The Kier molecular flexibility index (Phi) is 3.76. The lowest BCUT2D eigenvalue weighted by Gasteiger charge is -2.37. The average Bonchev–Trinajstić information content (AvgIpc) is 2.31. The van der Waals surface area contributed by atoms with E-state index in [1.807, 2.05) is 4.90 Å². The van der Waals surface area contributed by atoms with E-state index in [0.29, 0.717) is 15.5 Å². The van der Waals surface area contributed by atoms with Crippen molar-refractivity contribution in [1.82, 2.24) is 4.90 Å². The van der Waals surface area contributed by atoms with Gasteiger partial charge in [-0.25, -0.2) is 4.39 Å². The summed E-state index contributed by atoms with van der Waals surface area (Å²) in [5, 5.41) is 0. The van der Waals surface area contributed by atoms with E-state index in [4.69, 9.17) is 0 Å². The number of benzene rings is 1. The molecule has 0 saturated carbocycles. The van der Waals surface area contributed by atoms with Crippen LogP contribution in [0.4, 0.5) is 4.39 Å². The molecule has 1 aromatic carbocycles. The zero-order chi connectivity index (χ0) is 13.3. The van der Waals surface area contributed by atoms with E-state index in [1.165, 1.54) is 12.1 Å². The van der Waals surface area contributed by atoms with Gasteiger partial charge in [-0.1, -0.05) is 13.8 Å². The number of carbonyl (C=O) groups excluding carboxylic acids is 1. The van der Waals surface area contributed by atoms with Gasteiger partial charge in [-0.2, -0.15) is 0 Å². The third-order valence-corrected chi connectivity index (χ3v) is 4.25. The van der Waals surface area contributed by atoms with Gasteiger partial charge in [-0.05, 0) is 52.4 Å². The lowest BCUT2D eigenvalue weighted by atomic mass is 9.82. The molecule has 0 bridgehead atoms. The highest BCUT2D eigenvalue weighted by atomic mass is 79.9. The SMILES string of the molecule is CC1(C)CCN(C(=O)c2cc(F)ccc2Br)CC1. The highest BCUT2D eigenvalue weighted by molar-refractivity contribution is 9.10. The first-order valence-electron chi connectivity index (χ1n) is 6.13. The van der Waals surface area contributed by atoms with Gasteiger partial charge in [0.05, 0.1) is 5.56 Å². The van der Waals surface area contributed by atoms with Gasteiger partial charge < -0.3 is 4.90 Å². The lowest BCUT2D eigenvalue weighted by Crippen LogP contribution is -2.41. The molecule has 1 heterocycles. The fraction of sp³-hybridized carbons (Fsp3) is 0.500. The number of halogens is 2. The van der Waals surface area contributed by atoms with E-state index in [1.54, 1.807) is 6.07 Å². The maximum Gasteiger partial charge on any atom is 0.255 e. The Morgan fingerprint density at radius 1 is 1.33 bits per heavy atom. The summed E-state index contributed by atoms with van der Waals surface area (Å²) in [5.74, 6) is -0.462. The minimum atomic E-state index is -0.376. The first-order chi connectivity index (χ1) is 8.39. The van der Waals surface area contributed by atoms with Crippen LogP contribution >= 0.6 is 15.9 Å². The molecule has 0 N–H and O–H groups in total. The van der Waals surface area contributed by atoms with Gasteiger partial charge in [0.1, 0.15) is 5.82 Å². The molecule has 0 atom stereocenters. The van der Waals surface area contributed by atoms with Gasteiger partial charge >= 0.3 is 0 Å². The van der Waals surface area contributed by atoms with Crippen molar-refractivity contribution in [2.75, 3.05) is 13.1 Å². The molecule has 0 unspecified atom stereocenters. The van der Waals surface area contributed by atoms with Crippen molar-refractivity contribution in [2.45, 2.75) is 26.7 Å². The average molecular weight is 314 g/mol. The van der Waals surface area contributed by atoms with E-state index >= 15 is 0 Å². The third kappa shape index (κ3) is 2.91. The van der Waals surface area contributed by atoms with Crippen LogP contribution in [-0.4, -0.2) is 23.9 Å². The van der Waals surface area contributed by atoms with Gasteiger partial charge in [0.2, 0.25) is 0 Å². The van der Waals surface area contributed by atoms with Gasteiger partial charge in [0.25, 0.3) is 5.91 Å². The minimum Gasteiger partial charge on any atom is -0.339 e. The van der Waals surface area contributed by atoms with Crippen LogP contribution in [0.25, 0.3) is 0 Å². The van der Waals surface area contributed by atoms with Crippen molar-refractivity contribution in [3.05, 3.63) is 34.1 Å². The number of likely N-dealkylation sites (tertiary alicyclic amines) is 1. The molecule has 4 heteroatoms. The molecular weight excluding hydrogens is 297 g/mol. The van der Waals surface area contributed by atoms with E-state index < -0.39 is 0 Å². The smallest absolute Gasteiger partial charge is 0.255 e. The standard InChI is InChI=1S/C14H17BrFNO/c1-14(2)5-7-17(8-6-14)13(18)11-9-10(16)3-4-12(11)15/h3-4,9H,5-8H2,1-2H3. The minimum absolute atomic E-state index is 0.0862. The predicted molar refractivity (Wildman–Crippen MR) is 73.0 cm³/mol. The molecule has 0 aliphatic carbocycles. The molecule has 18 heavy (non-hydrogen) atoms. The Morgan fingerprint density at radius 2 is 1.94 bits per heavy atom. The van der Waals surface area contributed by atoms with Crippen LogP contribution in [0.2, 0.25) is 0 Å². The van der Waals surface area contributed by atoms with Crippen molar-refractivity contribution in [3.63, 3.8) is 0 Å². The molecule has 1 aliphatic rings. The molecule has 1 amide bonds. The van der Waals surface area contributed by atoms with E-state index in [0.717, 1.165) is 25.9 Å². The summed E-state index contributed by atoms with van der Waals surface area (Å²) in [7, 11) is 0. The second-order valence-electron chi connectivity index (χ2n) is 5.58. The number of hydrogen-bond donors (Lipinski definition) is 0. The summed E-state index contributed by atoms with van der Waals surface area (Å²) < 4.78 is 13.9. The fourth-order valence-electron chi connectivity index (χ4n) is 2.15. The van der Waals surface area contributed by atoms with Crippen molar-refractivity contribution in [2.24, 2.45) is 5.41 Å². The Hall–Kier alpha value is -0.900. The molecule has 2 nitrogen and oxygen atoms in total. The Bertz CT molecular complexity index is 463. The quantitative estimate of drug-likeness (QED) is 0.771. The van der Waals surface area contributed by atoms with Crippen LogP contribution < -0.4 is 0 Å². The molecule has 2 rings (SSSR count). The molecule has 0 spiro atoms. The van der Waals surface area contributed by atoms with Crippen LogP contribution in [-0.2, 0) is 0 Å². The molecule has 0 radical (unpaired) electrons. The summed E-state index contributed by atoms with van der Waals surface area (Å²) in [4.78, 5) is 14.1. The monoisotopic (exact) mass is 313 g/mol. The topological polar surface area (TPSA) is 20.3 Å². The third-order valence-electron chi connectivity index (χ3n) is 3.56. The fourth-order valence-corrected chi connectivity index (χ4v) is 2.56. The molecule has 98 valence electrons. The zero-order valence-corrected chi connectivity index (χ0v) is 12.3. The van der Waals surface area contributed by atoms with Gasteiger partial charge in [0, 0.05) is 17.6 Å². The second kappa shape index (κ2) is 5.00. The van der Waals surface area contributed by atoms with Crippen molar-refractivity contribution >= 4 is 21.8 Å². The number of nitrogens with zero attached hydrogens (tertiary/aromatic N) is 1. The Labute approximate surface area is 115 Å². The maximum absolute atomic E-state index is 13.2. The summed E-state index contributed by atoms with van der Waals surface area (Å²) in [6, 6.07) is 4.22. The first-order valence-corrected chi connectivity index (χ1v) is 6.93. The Balaban J connectivity index is 2.15. The highest BCUT2D eigenvalue weighted by Crippen LogP contribution is 2.31. The highest BCUT2D eigenvalue weighted by Gasteiger charge is 2.29. The largest absolute Gasteiger partial charge is 0.339 e. The number of amides is 1. The van der Waals surface area contributed by atoms with Crippen LogP contribution in [0.5, 0.6) is 0 Å². The Morgan fingerprint density at radius 3 is 2.56 bits per heavy atom. The van der Waals surface area contributed by atoms with Gasteiger partial charge in [0.15, 0.2) is 0 Å². The second-order valence-corrected chi connectivity index (χ2v) is 6.43. The number of hydrogen-bond acceptors (Lipinski definition) is 1. The molecular formula is C14H17BrFNO. The van der Waals surface area contributed by atoms with Gasteiger partial charge in [-0.3, -0.25) is 4.79 Å². The van der Waals surface area contributed by atoms with Crippen molar-refractivity contribution in [1.29, 1.82) is 0 Å². The van der Waals surface area contributed by atoms with Crippen molar-refractivity contribution < 1.29 is 9.18 Å². The van der Waals surface area contributed by atoms with Crippen LogP contribution in [0.15, 0.2) is 22.7 Å². The predicted octanol–water partition coefficient (Wildman–Crippen LogP) is 3.85. The molecule has 1 fully saturated rings. The molecule has 0 aromatic heterocycles. The van der Waals surface area contributed by atoms with Gasteiger partial charge in [-0.15, -0.1) is 0 Å². The lowest BCUT2D eigenvalue weighted by molar-refractivity contribution is 0.0629. The van der Waals surface area contributed by atoms with Crippen LogP contribution in [0, 0.1) is 11.2 Å². The molecule has 1 aliphatic heterocycles. The number of rotatable bonds is 1. The summed E-state index contributed by atoms with van der Waals surface area (Å²) in [5.41, 5.74) is 0.713. The maximum atomic E-state index is 13.2. The van der Waals surface area contributed by atoms with Crippen LogP contribution in [0.3, 0.4) is 0 Å². The van der Waals surface area contributed by atoms with E-state index in [2.05, 4.69) is 29.8 Å². The molecule has 1 aromatic rings. The van der Waals surface area contributed by atoms with Crippen LogP contribution in [0.1, 0.15) is 37.0 Å². The van der Waals surface area contributed by atoms with Crippen molar-refractivity contribution in [3.8, 4) is 0 Å². The zero-order valence-electron chi connectivity index (χ0n) is 10.7. The summed E-state index contributed by atoms with van der Waals surface area (Å²) in [6.07, 6.45) is 1.98. The molecule has 1 saturated heterocycles. The normalized spacial score (nSPS) is 18.8. The van der Waals surface area contributed by atoms with E-state index in [-0.39, 0.29) is 11.7 Å². The summed E-state index contributed by atoms with van der Waals surface area (Å²) >= 11 is 3.31. The van der Waals surface area contributed by atoms with E-state index in [9.17, 15) is 9.18 Å².